The van der Waals surface area contributed by atoms with Crippen LogP contribution in [0.1, 0.15) is 0 Å². The smallest absolute Gasteiger partial charge is 0.741 e. The average molecular weight is 400 g/mol. The van der Waals surface area contributed by atoms with Gasteiger partial charge in [-0.1, -0.05) is 0 Å². The van der Waals surface area contributed by atoms with Crippen molar-refractivity contribution in [1.29, 1.82) is 0 Å². The van der Waals surface area contributed by atoms with Crippen molar-refractivity contribution in [2.24, 2.45) is 0 Å². The fraction of sp³-hybridized carbons (Fsp3) is 1.00. The first-order valence-electron chi connectivity index (χ1n) is 2.54. The van der Waals surface area contributed by atoms with Gasteiger partial charge in [0.1, 0.15) is 0 Å². The van der Waals surface area contributed by atoms with Gasteiger partial charge >= 0.3 is 30.5 Å². The van der Waals surface area contributed by atoms with Gasteiger partial charge in [0.25, 0.3) is 0 Å². The summed E-state index contributed by atoms with van der Waals surface area (Å²) in [5.74, 6) is 0. The van der Waals surface area contributed by atoms with Gasteiger partial charge in [-0.05, 0) is 0 Å². The van der Waals surface area contributed by atoms with Gasteiger partial charge in [-0.25, -0.2) is 16.8 Å². The molecule has 0 bridgehead atoms. The molecule has 0 spiro atoms. The summed E-state index contributed by atoms with van der Waals surface area (Å²) in [4.78, 5) is 0. The third-order valence-electron chi connectivity index (χ3n) is 0.567. The number of halogens is 6. The first-order valence-corrected chi connectivity index (χ1v) is 5.36. The Morgan fingerprint density at radius 2 is 0.684 bits per heavy atom. The second kappa shape index (κ2) is 8.99. The van der Waals surface area contributed by atoms with Crippen LogP contribution < -0.4 is 0 Å². The van der Waals surface area contributed by atoms with Gasteiger partial charge in [0.05, 0.1) is 0 Å². The summed E-state index contributed by atoms with van der Waals surface area (Å²) in [5, 5.41) is 0. The Morgan fingerprint density at radius 1 is 0.632 bits per heavy atom. The molecule has 0 amide bonds. The summed E-state index contributed by atoms with van der Waals surface area (Å²) in [7, 11) is -12.2. The molecule has 0 saturated carbocycles. The van der Waals surface area contributed by atoms with E-state index in [1.165, 1.54) is 0 Å². The predicted octanol–water partition coefficient (Wildman–Crippen LogP) is -1.55. The van der Waals surface area contributed by atoms with Crippen LogP contribution >= 0.6 is 0 Å². The Kier molecular flexibility index (Phi) is 14.8. The van der Waals surface area contributed by atoms with E-state index in [1.54, 1.807) is 0 Å². The Morgan fingerprint density at radius 3 is 0.684 bits per heavy atom. The standard InChI is InChI=1S/2CHF3O3S.2H2O.Zn/c2*2-1(3,4)8(5,6)7;;;/h2*(H,5,6,7);2*1H2;/q;;;;+2/p-2. The molecule has 0 radical (unpaired) electrons. The summed E-state index contributed by atoms with van der Waals surface area (Å²) in [6.45, 7) is 0. The molecule has 19 heavy (non-hydrogen) atoms. The van der Waals surface area contributed by atoms with Gasteiger partial charge in [-0.3, -0.25) is 0 Å². The zero-order valence-electron chi connectivity index (χ0n) is 8.24. The van der Waals surface area contributed by atoms with Crippen LogP contribution in [-0.4, -0.2) is 47.9 Å². The maximum Gasteiger partial charge on any atom is 2.00 e. The van der Waals surface area contributed by atoms with Crippen molar-refractivity contribution in [1.82, 2.24) is 0 Å². The van der Waals surface area contributed by atoms with Gasteiger partial charge < -0.3 is 20.1 Å². The van der Waals surface area contributed by atoms with Gasteiger partial charge in [-0.15, -0.1) is 0 Å². The average Bonchev–Trinajstić information content (AvgIpc) is 1.77. The van der Waals surface area contributed by atoms with E-state index < -0.39 is 31.3 Å². The summed E-state index contributed by atoms with van der Waals surface area (Å²) in [5.41, 5.74) is -11.3. The van der Waals surface area contributed by atoms with E-state index in [0.717, 1.165) is 0 Å². The molecule has 0 aromatic rings. The monoisotopic (exact) mass is 398 g/mol. The van der Waals surface area contributed by atoms with Crippen LogP contribution in [0.3, 0.4) is 0 Å². The molecule has 0 saturated heterocycles. The topological polar surface area (TPSA) is 177 Å². The molecule has 0 aromatic heterocycles. The minimum absolute atomic E-state index is 0. The van der Waals surface area contributed by atoms with E-state index in [2.05, 4.69) is 0 Å². The molecule has 0 aliphatic heterocycles. The minimum Gasteiger partial charge on any atom is -0.741 e. The van der Waals surface area contributed by atoms with E-state index in [0.29, 0.717) is 0 Å². The molecule has 0 atom stereocenters. The van der Waals surface area contributed by atoms with Crippen molar-refractivity contribution in [3.8, 4) is 0 Å². The van der Waals surface area contributed by atoms with Crippen molar-refractivity contribution >= 4 is 20.2 Å². The van der Waals surface area contributed by atoms with E-state index in [1.807, 2.05) is 0 Å². The van der Waals surface area contributed by atoms with Gasteiger partial charge in [0.2, 0.25) is 0 Å². The first-order chi connectivity index (χ1) is 6.50. The molecular weight excluding hydrogens is 396 g/mol. The Balaban J connectivity index is -0.0000000594. The summed E-state index contributed by atoms with van der Waals surface area (Å²) >= 11 is 0. The molecule has 0 aliphatic carbocycles. The van der Waals surface area contributed by atoms with Crippen LogP contribution in [0.15, 0.2) is 0 Å². The Labute approximate surface area is 114 Å². The number of rotatable bonds is 0. The quantitative estimate of drug-likeness (QED) is 0.206. The van der Waals surface area contributed by atoms with Crippen LogP contribution in [0.4, 0.5) is 26.3 Å². The van der Waals surface area contributed by atoms with Crippen molar-refractivity contribution < 1.29 is 82.7 Å². The summed E-state index contributed by atoms with van der Waals surface area (Å²) < 4.78 is 118. The van der Waals surface area contributed by atoms with Crippen LogP contribution in [0.2, 0.25) is 0 Å². The molecule has 0 aliphatic rings. The van der Waals surface area contributed by atoms with E-state index in [-0.39, 0.29) is 30.4 Å². The van der Waals surface area contributed by atoms with Gasteiger partial charge in [-0.2, -0.15) is 26.3 Å². The molecule has 0 aromatic carbocycles. The fourth-order valence-electron chi connectivity index (χ4n) is 0. The summed E-state index contributed by atoms with van der Waals surface area (Å²) in [6, 6.07) is 0. The normalized spacial score (nSPS) is 11.8. The molecule has 116 valence electrons. The second-order valence-electron chi connectivity index (χ2n) is 1.80. The Bertz CT molecular complexity index is 377. The second-order valence-corrected chi connectivity index (χ2v) is 4.54. The third kappa shape index (κ3) is 14.2. The van der Waals surface area contributed by atoms with Crippen LogP contribution in [0.5, 0.6) is 0 Å². The molecule has 0 heterocycles. The van der Waals surface area contributed by atoms with Crippen molar-refractivity contribution in [2.75, 3.05) is 0 Å². The van der Waals surface area contributed by atoms with Crippen molar-refractivity contribution in [3.63, 3.8) is 0 Å². The zero-order valence-corrected chi connectivity index (χ0v) is 12.8. The minimum atomic E-state index is -6.09. The van der Waals surface area contributed by atoms with E-state index in [9.17, 15) is 26.3 Å². The largest absolute Gasteiger partial charge is 2.00 e. The molecule has 4 N–H and O–H groups in total. The van der Waals surface area contributed by atoms with Crippen molar-refractivity contribution in [3.05, 3.63) is 0 Å². The number of hydrogen-bond donors (Lipinski definition) is 0. The predicted molar refractivity (Wildman–Crippen MR) is 38.7 cm³/mol. The molecule has 0 fully saturated rings. The van der Waals surface area contributed by atoms with Crippen LogP contribution in [-0.2, 0) is 39.7 Å². The van der Waals surface area contributed by atoms with Gasteiger partial charge in [0.15, 0.2) is 20.2 Å². The van der Waals surface area contributed by atoms with Gasteiger partial charge in [0, 0.05) is 0 Å². The maximum atomic E-state index is 10.7. The maximum absolute atomic E-state index is 10.7. The molecule has 0 unspecified atom stereocenters. The number of alkyl halides is 6. The fourth-order valence-corrected chi connectivity index (χ4v) is 0. The van der Waals surface area contributed by atoms with E-state index >= 15 is 0 Å². The summed E-state index contributed by atoms with van der Waals surface area (Å²) in [6.07, 6.45) is 0. The van der Waals surface area contributed by atoms with E-state index in [4.69, 9.17) is 25.9 Å². The van der Waals surface area contributed by atoms with Crippen LogP contribution in [0, 0.1) is 0 Å². The number of hydrogen-bond acceptors (Lipinski definition) is 6. The molecular formula is C2H4F6O8S2Zn. The first kappa shape index (κ1) is 31.4. The van der Waals surface area contributed by atoms with Crippen LogP contribution in [0.25, 0.3) is 0 Å². The Hall–Kier alpha value is -0.0566. The molecule has 8 nitrogen and oxygen atoms in total. The third-order valence-corrected chi connectivity index (χ3v) is 1.70. The SMILES string of the molecule is O.O.O=S(=O)([O-])C(F)(F)F.O=S(=O)([O-])C(F)(F)F.[Zn+2]. The zero-order chi connectivity index (χ0) is 14.0. The molecule has 0 rings (SSSR count). The molecule has 17 heteroatoms. The van der Waals surface area contributed by atoms with Crippen molar-refractivity contribution in [2.45, 2.75) is 11.0 Å².